The van der Waals surface area contributed by atoms with E-state index in [1.54, 1.807) is 10.9 Å². The first-order valence-corrected chi connectivity index (χ1v) is 7.57. The molecule has 1 fully saturated rings. The van der Waals surface area contributed by atoms with E-state index in [4.69, 9.17) is 4.74 Å². The number of carbonyl (C=O) groups is 1. The molecule has 1 saturated heterocycles. The summed E-state index contributed by atoms with van der Waals surface area (Å²) in [6, 6.07) is 0.0975. The molecule has 1 aliphatic heterocycles. The van der Waals surface area contributed by atoms with Crippen molar-refractivity contribution in [1.82, 2.24) is 20.0 Å². The van der Waals surface area contributed by atoms with Gasteiger partial charge in [-0.1, -0.05) is 0 Å². The molecule has 7 heteroatoms. The molecule has 6 nitrogen and oxygen atoms in total. The molecule has 0 amide bonds. The second-order valence-corrected chi connectivity index (χ2v) is 6.08. The van der Waals surface area contributed by atoms with E-state index in [0.717, 1.165) is 24.2 Å². The maximum Gasteiger partial charge on any atom is 0.183 e. The van der Waals surface area contributed by atoms with E-state index in [0.29, 0.717) is 25.3 Å². The van der Waals surface area contributed by atoms with Crippen LogP contribution in [0.5, 0.6) is 0 Å². The Kier molecular flexibility index (Phi) is 5.71. The van der Waals surface area contributed by atoms with E-state index in [-0.39, 0.29) is 11.8 Å². The van der Waals surface area contributed by atoms with Crippen LogP contribution in [-0.2, 0) is 11.3 Å². The Morgan fingerprint density at radius 2 is 2.45 bits per heavy atom. The number of nitrogens with one attached hydrogen (secondary N) is 1. The first-order chi connectivity index (χ1) is 9.58. The second kappa shape index (κ2) is 7.31. The van der Waals surface area contributed by atoms with Gasteiger partial charge in [0, 0.05) is 25.6 Å². The lowest BCUT2D eigenvalue weighted by atomic mass is 10.1. The molecule has 0 radical (unpaired) electrons. The third-order valence-corrected chi connectivity index (χ3v) is 3.83. The molecule has 1 N–H and O–H groups in total. The molecule has 1 unspecified atom stereocenters. The summed E-state index contributed by atoms with van der Waals surface area (Å²) in [6.07, 6.45) is 2.12. The first kappa shape index (κ1) is 15.6. The first-order valence-electron chi connectivity index (χ1n) is 6.78. The van der Waals surface area contributed by atoms with Gasteiger partial charge >= 0.3 is 0 Å². The largest absolute Gasteiger partial charge is 0.378 e. The summed E-state index contributed by atoms with van der Waals surface area (Å²) in [5.41, 5.74) is 0.652. The molecule has 20 heavy (non-hydrogen) atoms. The maximum atomic E-state index is 12.5. The number of rotatable bonds is 6. The highest BCUT2D eigenvalue weighted by molar-refractivity contribution is 9.10. The van der Waals surface area contributed by atoms with Gasteiger partial charge in [0.1, 0.15) is 5.69 Å². The number of likely N-dealkylation sites (N-methyl/N-ethyl adjacent to an activating group) is 1. The number of hydrogen-bond donors (Lipinski definition) is 1. The summed E-state index contributed by atoms with van der Waals surface area (Å²) in [7, 11) is 4.01. The van der Waals surface area contributed by atoms with Gasteiger partial charge in [-0.15, -0.1) is 0 Å². The van der Waals surface area contributed by atoms with Crippen molar-refractivity contribution < 1.29 is 9.53 Å². The Hall–Kier alpha value is -0.760. The van der Waals surface area contributed by atoms with Crippen LogP contribution < -0.4 is 5.32 Å². The van der Waals surface area contributed by atoms with Crippen LogP contribution in [0, 0.1) is 0 Å². The van der Waals surface area contributed by atoms with Crippen LogP contribution in [0.3, 0.4) is 0 Å². The lowest BCUT2D eigenvalue weighted by Gasteiger charge is -2.23. The van der Waals surface area contributed by atoms with Crippen LogP contribution in [-0.4, -0.2) is 66.9 Å². The van der Waals surface area contributed by atoms with Gasteiger partial charge in [0.2, 0.25) is 0 Å². The van der Waals surface area contributed by atoms with Gasteiger partial charge in [-0.25, -0.2) is 0 Å². The van der Waals surface area contributed by atoms with Crippen molar-refractivity contribution in [3.8, 4) is 0 Å². The molecule has 0 aliphatic carbocycles. The number of ether oxygens (including phenoxy) is 1. The van der Waals surface area contributed by atoms with Crippen LogP contribution in [0.15, 0.2) is 10.7 Å². The monoisotopic (exact) mass is 344 g/mol. The summed E-state index contributed by atoms with van der Waals surface area (Å²) in [6.45, 7) is 3.66. The maximum absolute atomic E-state index is 12.5. The average Bonchev–Trinajstić information content (AvgIpc) is 2.78. The zero-order valence-corrected chi connectivity index (χ0v) is 13.5. The molecule has 0 saturated carbocycles. The number of aromatic nitrogens is 2. The number of morpholine rings is 1. The van der Waals surface area contributed by atoms with E-state index in [1.807, 2.05) is 14.1 Å². The Balaban J connectivity index is 2.02. The molecular weight excluding hydrogens is 324 g/mol. The van der Waals surface area contributed by atoms with E-state index in [1.165, 1.54) is 0 Å². The normalized spacial score (nSPS) is 19.5. The Morgan fingerprint density at radius 1 is 1.65 bits per heavy atom. The summed E-state index contributed by atoms with van der Waals surface area (Å²) in [5.74, 6) is 0.0936. The van der Waals surface area contributed by atoms with E-state index >= 15 is 0 Å². The topological polar surface area (TPSA) is 59.4 Å². The number of halogens is 1. The molecule has 112 valence electrons. The van der Waals surface area contributed by atoms with Crippen LogP contribution in [0.4, 0.5) is 0 Å². The number of hydrogen-bond acceptors (Lipinski definition) is 5. The summed E-state index contributed by atoms with van der Waals surface area (Å²) < 4.78 is 7.92. The van der Waals surface area contributed by atoms with Crippen molar-refractivity contribution in [3.05, 3.63) is 16.4 Å². The fraction of sp³-hybridized carbons (Fsp3) is 0.692. The van der Waals surface area contributed by atoms with Crippen LogP contribution >= 0.6 is 15.9 Å². The van der Waals surface area contributed by atoms with Gasteiger partial charge in [-0.3, -0.25) is 9.48 Å². The zero-order valence-electron chi connectivity index (χ0n) is 11.9. The van der Waals surface area contributed by atoms with Crippen molar-refractivity contribution in [2.24, 2.45) is 0 Å². The highest BCUT2D eigenvalue weighted by Gasteiger charge is 2.22. The smallest absolute Gasteiger partial charge is 0.183 e. The molecule has 1 aliphatic rings. The van der Waals surface area contributed by atoms with E-state index in [2.05, 4.69) is 31.2 Å². The van der Waals surface area contributed by atoms with Crippen molar-refractivity contribution >= 4 is 21.7 Å². The standard InChI is InChI=1S/C13H21BrN4O2/c1-17(2)4-5-18-13(11(14)8-16-18)12(19)7-10-9-20-6-3-15-10/h8,10,15H,3-7,9H2,1-2H3. The van der Waals surface area contributed by atoms with E-state index in [9.17, 15) is 4.79 Å². The Morgan fingerprint density at radius 3 is 3.10 bits per heavy atom. The fourth-order valence-electron chi connectivity index (χ4n) is 2.18. The van der Waals surface area contributed by atoms with Crippen molar-refractivity contribution in [2.45, 2.75) is 19.0 Å². The summed E-state index contributed by atoms with van der Waals surface area (Å²) in [5, 5.41) is 7.57. The van der Waals surface area contributed by atoms with Crippen molar-refractivity contribution in [1.29, 1.82) is 0 Å². The third-order valence-electron chi connectivity index (χ3n) is 3.25. The van der Waals surface area contributed by atoms with Gasteiger partial charge in [-0.05, 0) is 30.0 Å². The third kappa shape index (κ3) is 4.12. The summed E-state index contributed by atoms with van der Waals surface area (Å²) in [4.78, 5) is 14.5. The molecule has 2 heterocycles. The summed E-state index contributed by atoms with van der Waals surface area (Å²) >= 11 is 3.42. The van der Waals surface area contributed by atoms with Gasteiger partial charge in [0.25, 0.3) is 0 Å². The number of Topliss-reactive ketones (excluding diaryl/α,β-unsaturated/α-hetero) is 1. The molecule has 0 bridgehead atoms. The SMILES string of the molecule is CN(C)CCn1ncc(Br)c1C(=O)CC1COCCN1. The fourth-order valence-corrected chi connectivity index (χ4v) is 2.69. The van der Waals surface area contributed by atoms with E-state index < -0.39 is 0 Å². The van der Waals surface area contributed by atoms with Gasteiger partial charge in [0.15, 0.2) is 5.78 Å². The number of ketones is 1. The Bertz CT molecular complexity index is 455. The predicted octanol–water partition coefficient (Wildman–Crippen LogP) is 0.768. The minimum atomic E-state index is 0.0936. The minimum Gasteiger partial charge on any atom is -0.378 e. The quantitative estimate of drug-likeness (QED) is 0.772. The number of nitrogens with zero attached hydrogens (tertiary/aromatic N) is 3. The molecule has 0 aromatic carbocycles. The molecule has 0 spiro atoms. The average molecular weight is 345 g/mol. The number of carbonyl (C=O) groups excluding carboxylic acids is 1. The van der Waals surface area contributed by atoms with Crippen molar-refractivity contribution in [2.75, 3.05) is 40.4 Å². The molecular formula is C13H21BrN4O2. The van der Waals surface area contributed by atoms with Crippen LogP contribution in [0.25, 0.3) is 0 Å². The lowest BCUT2D eigenvalue weighted by molar-refractivity contribution is 0.0671. The lowest BCUT2D eigenvalue weighted by Crippen LogP contribution is -2.42. The molecule has 1 atom stereocenters. The van der Waals surface area contributed by atoms with Crippen LogP contribution in [0.1, 0.15) is 16.9 Å². The zero-order chi connectivity index (χ0) is 14.5. The molecule has 1 aromatic rings. The van der Waals surface area contributed by atoms with Gasteiger partial charge in [-0.2, -0.15) is 5.10 Å². The van der Waals surface area contributed by atoms with Crippen LogP contribution in [0.2, 0.25) is 0 Å². The molecule has 1 aromatic heterocycles. The highest BCUT2D eigenvalue weighted by atomic mass is 79.9. The molecule has 2 rings (SSSR count). The Labute approximate surface area is 127 Å². The second-order valence-electron chi connectivity index (χ2n) is 5.22. The van der Waals surface area contributed by atoms with Crippen molar-refractivity contribution in [3.63, 3.8) is 0 Å². The highest BCUT2D eigenvalue weighted by Crippen LogP contribution is 2.19. The minimum absolute atomic E-state index is 0.0936. The van der Waals surface area contributed by atoms with Gasteiger partial charge < -0.3 is 15.0 Å². The van der Waals surface area contributed by atoms with Gasteiger partial charge in [0.05, 0.1) is 30.4 Å². The predicted molar refractivity (Wildman–Crippen MR) is 80.0 cm³/mol.